The molecule has 3 rings (SSSR count). The second-order valence-corrected chi connectivity index (χ2v) is 10.7. The maximum atomic E-state index is 14.8. The van der Waals surface area contributed by atoms with Crippen LogP contribution in [0.25, 0.3) is 16.8 Å². The molecule has 2 aromatic rings. The van der Waals surface area contributed by atoms with Gasteiger partial charge in [0.05, 0.1) is 6.61 Å². The molecule has 1 unspecified atom stereocenters. The molecule has 1 saturated heterocycles. The quantitative estimate of drug-likeness (QED) is 0.340. The highest BCUT2D eigenvalue weighted by molar-refractivity contribution is 5.69. The minimum atomic E-state index is -1.16. The molecular formula is C29H42F2N4O. The molecule has 5 nitrogen and oxygen atoms in total. The monoisotopic (exact) mass is 500 g/mol. The smallest absolute Gasteiger partial charge is 0.213 e. The fourth-order valence-electron chi connectivity index (χ4n) is 4.55. The summed E-state index contributed by atoms with van der Waals surface area (Å²) >= 11 is 0. The van der Waals surface area contributed by atoms with Gasteiger partial charge in [-0.2, -0.15) is 0 Å². The van der Waals surface area contributed by atoms with Gasteiger partial charge in [0.15, 0.2) is 0 Å². The van der Waals surface area contributed by atoms with E-state index in [0.717, 1.165) is 62.9 Å². The lowest BCUT2D eigenvalue weighted by Gasteiger charge is -2.34. The summed E-state index contributed by atoms with van der Waals surface area (Å²) in [5, 5.41) is 3.21. The molecule has 7 heteroatoms. The van der Waals surface area contributed by atoms with Crippen molar-refractivity contribution in [1.29, 1.82) is 0 Å². The largest absolute Gasteiger partial charge is 0.477 e. The maximum absolute atomic E-state index is 14.8. The summed E-state index contributed by atoms with van der Waals surface area (Å²) in [6.45, 7) is 12.9. The predicted octanol–water partition coefficient (Wildman–Crippen LogP) is 5.80. The summed E-state index contributed by atoms with van der Waals surface area (Å²) in [5.74, 6) is 0.686. The van der Waals surface area contributed by atoms with E-state index in [1.807, 2.05) is 25.1 Å². The van der Waals surface area contributed by atoms with Crippen LogP contribution in [0, 0.1) is 11.7 Å². The van der Waals surface area contributed by atoms with Crippen molar-refractivity contribution in [3.05, 3.63) is 54.5 Å². The first kappa shape index (κ1) is 28.1. The summed E-state index contributed by atoms with van der Waals surface area (Å²) < 4.78 is 34.6. The van der Waals surface area contributed by atoms with Gasteiger partial charge in [0.2, 0.25) is 5.88 Å². The lowest BCUT2D eigenvalue weighted by molar-refractivity contribution is 0.0830. The normalized spacial score (nSPS) is 16.1. The number of hydrogen-bond donors (Lipinski definition) is 2. The Morgan fingerprint density at radius 1 is 1.22 bits per heavy atom. The summed E-state index contributed by atoms with van der Waals surface area (Å²) in [6.07, 6.45) is 6.68. The molecule has 1 fully saturated rings. The number of nitrogens with two attached hydrogens (primary N) is 1. The van der Waals surface area contributed by atoms with E-state index in [4.69, 9.17) is 10.5 Å². The maximum Gasteiger partial charge on any atom is 0.213 e. The first-order valence-electron chi connectivity index (χ1n) is 13.1. The van der Waals surface area contributed by atoms with Crippen LogP contribution in [0.2, 0.25) is 0 Å². The van der Waals surface area contributed by atoms with Crippen LogP contribution in [0.3, 0.4) is 0 Å². The number of ether oxygens (including phenoxy) is 1. The first-order valence-corrected chi connectivity index (χ1v) is 13.1. The number of aromatic nitrogens is 1. The van der Waals surface area contributed by atoms with Crippen molar-refractivity contribution in [2.45, 2.75) is 64.6 Å². The second-order valence-electron chi connectivity index (χ2n) is 10.7. The van der Waals surface area contributed by atoms with Crippen molar-refractivity contribution in [2.75, 3.05) is 32.8 Å². The number of halogens is 2. The number of benzene rings is 1. The standard InChI is InChI=1S/C29H42F2N4O/c1-21(32)7-5-6-14-33-22(2)26-10-8-24(17-27(26)30)25-9-11-28(34-18-25)36-19-23-12-15-35(16-13-23)20-29(3,4)31/h8-11,17-18,21,23,33H,2,5-7,12-16,19-20,32H2,1,3-4H3. The molecule has 1 atom stereocenters. The summed E-state index contributed by atoms with van der Waals surface area (Å²) in [7, 11) is 0. The van der Waals surface area contributed by atoms with Gasteiger partial charge in [0.25, 0.3) is 0 Å². The Morgan fingerprint density at radius 3 is 2.56 bits per heavy atom. The molecule has 1 aliphatic rings. The van der Waals surface area contributed by atoms with Gasteiger partial charge in [-0.3, -0.25) is 0 Å². The molecule has 0 aliphatic carbocycles. The van der Waals surface area contributed by atoms with E-state index >= 15 is 0 Å². The molecule has 0 saturated carbocycles. The molecule has 1 aromatic carbocycles. The Bertz CT molecular complexity index is 964. The van der Waals surface area contributed by atoms with Crippen LogP contribution < -0.4 is 15.8 Å². The Labute approximate surface area is 215 Å². The summed E-state index contributed by atoms with van der Waals surface area (Å²) in [5.41, 5.74) is 7.24. The topological polar surface area (TPSA) is 63.4 Å². The molecular weight excluding hydrogens is 458 g/mol. The van der Waals surface area contributed by atoms with Crippen molar-refractivity contribution in [3.8, 4) is 17.0 Å². The Kier molecular flexibility index (Phi) is 10.3. The van der Waals surface area contributed by atoms with Crippen LogP contribution >= 0.6 is 0 Å². The minimum absolute atomic E-state index is 0.207. The zero-order valence-electron chi connectivity index (χ0n) is 22.0. The molecule has 2 heterocycles. The number of piperidine rings is 1. The van der Waals surface area contributed by atoms with Gasteiger partial charge in [-0.1, -0.05) is 19.1 Å². The number of nitrogens with one attached hydrogen (secondary N) is 1. The van der Waals surface area contributed by atoms with Crippen LogP contribution in [0.1, 0.15) is 58.4 Å². The van der Waals surface area contributed by atoms with Crippen molar-refractivity contribution in [1.82, 2.24) is 15.2 Å². The molecule has 1 aliphatic heterocycles. The van der Waals surface area contributed by atoms with E-state index in [1.54, 1.807) is 26.1 Å². The average Bonchev–Trinajstić information content (AvgIpc) is 2.82. The zero-order valence-corrected chi connectivity index (χ0v) is 22.0. The van der Waals surface area contributed by atoms with Crippen LogP contribution in [0.4, 0.5) is 8.78 Å². The van der Waals surface area contributed by atoms with Gasteiger partial charge < -0.3 is 20.7 Å². The average molecular weight is 501 g/mol. The van der Waals surface area contributed by atoms with Crippen LogP contribution in [0.15, 0.2) is 43.1 Å². The van der Waals surface area contributed by atoms with E-state index in [2.05, 4.69) is 21.8 Å². The van der Waals surface area contributed by atoms with Gasteiger partial charge in [-0.25, -0.2) is 13.8 Å². The number of unbranched alkanes of at least 4 members (excludes halogenated alkanes) is 1. The molecule has 3 N–H and O–H groups in total. The third-order valence-corrected chi connectivity index (χ3v) is 6.56. The predicted molar refractivity (Wildman–Crippen MR) is 144 cm³/mol. The van der Waals surface area contributed by atoms with Crippen LogP contribution in [-0.2, 0) is 0 Å². The Morgan fingerprint density at radius 2 is 1.94 bits per heavy atom. The Balaban J connectivity index is 1.46. The third kappa shape index (κ3) is 9.17. The molecule has 198 valence electrons. The SMILES string of the molecule is C=C(NCCCCC(C)N)c1ccc(-c2ccc(OCC3CCN(CC(C)(C)F)CC3)nc2)cc1F. The lowest BCUT2D eigenvalue weighted by atomic mass is 9.97. The van der Waals surface area contributed by atoms with Crippen LogP contribution in [-0.4, -0.2) is 54.4 Å². The molecule has 36 heavy (non-hydrogen) atoms. The summed E-state index contributed by atoms with van der Waals surface area (Å²) in [4.78, 5) is 6.60. The molecule has 0 amide bonds. The molecule has 1 aromatic heterocycles. The summed E-state index contributed by atoms with van der Waals surface area (Å²) in [6, 6.07) is 9.08. The van der Waals surface area contributed by atoms with Crippen molar-refractivity contribution in [3.63, 3.8) is 0 Å². The fourth-order valence-corrected chi connectivity index (χ4v) is 4.55. The van der Waals surface area contributed by atoms with E-state index in [1.165, 1.54) is 6.07 Å². The number of likely N-dealkylation sites (tertiary alicyclic amines) is 1. The van der Waals surface area contributed by atoms with Crippen LogP contribution in [0.5, 0.6) is 5.88 Å². The van der Waals surface area contributed by atoms with Crippen molar-refractivity contribution < 1.29 is 13.5 Å². The van der Waals surface area contributed by atoms with Crippen molar-refractivity contribution >= 4 is 5.70 Å². The van der Waals surface area contributed by atoms with Gasteiger partial charge >= 0.3 is 0 Å². The van der Waals surface area contributed by atoms with Gasteiger partial charge in [-0.05, 0) is 89.2 Å². The lowest BCUT2D eigenvalue weighted by Crippen LogP contribution is -2.41. The Hall–Kier alpha value is -2.51. The number of hydrogen-bond acceptors (Lipinski definition) is 5. The van der Waals surface area contributed by atoms with Gasteiger partial charge in [0.1, 0.15) is 11.5 Å². The number of rotatable bonds is 13. The minimum Gasteiger partial charge on any atom is -0.477 e. The van der Waals surface area contributed by atoms with E-state index in [0.29, 0.717) is 36.2 Å². The third-order valence-electron chi connectivity index (χ3n) is 6.56. The van der Waals surface area contributed by atoms with Gasteiger partial charge in [-0.15, -0.1) is 0 Å². The first-order chi connectivity index (χ1) is 17.1. The van der Waals surface area contributed by atoms with E-state index in [9.17, 15) is 8.78 Å². The highest BCUT2D eigenvalue weighted by atomic mass is 19.1. The molecule has 0 spiro atoms. The zero-order chi connectivity index (χ0) is 26.1. The van der Waals surface area contributed by atoms with E-state index < -0.39 is 5.67 Å². The van der Waals surface area contributed by atoms with Crippen molar-refractivity contribution in [2.24, 2.45) is 11.7 Å². The van der Waals surface area contributed by atoms with Gasteiger partial charge in [0, 0.05) is 48.2 Å². The number of nitrogens with zero attached hydrogens (tertiary/aromatic N) is 2. The number of alkyl halides is 1. The second kappa shape index (κ2) is 13.2. The highest BCUT2D eigenvalue weighted by Gasteiger charge is 2.25. The highest BCUT2D eigenvalue weighted by Crippen LogP contribution is 2.26. The fraction of sp³-hybridized carbons (Fsp3) is 0.552. The molecule has 0 bridgehead atoms. The van der Waals surface area contributed by atoms with E-state index in [-0.39, 0.29) is 11.9 Å². The molecule has 0 radical (unpaired) electrons. The number of pyridine rings is 1.